The van der Waals surface area contributed by atoms with Crippen LogP contribution in [0.15, 0.2) is 0 Å². The van der Waals surface area contributed by atoms with Gasteiger partial charge in [0.2, 0.25) is 5.91 Å². The molecular formula is C19H34N2O5. The van der Waals surface area contributed by atoms with Crippen molar-refractivity contribution in [2.24, 2.45) is 11.8 Å². The molecule has 0 aliphatic heterocycles. The number of ether oxygens (including phenoxy) is 2. The number of carbonyl (C=O) groups excluding carboxylic acids is 3. The maximum absolute atomic E-state index is 13.0. The third-order valence-electron chi connectivity index (χ3n) is 4.24. The van der Waals surface area contributed by atoms with Crippen LogP contribution < -0.4 is 5.32 Å². The van der Waals surface area contributed by atoms with E-state index in [0.717, 1.165) is 12.8 Å². The van der Waals surface area contributed by atoms with Gasteiger partial charge in [-0.15, -0.1) is 0 Å². The van der Waals surface area contributed by atoms with Gasteiger partial charge in [0.05, 0.1) is 7.11 Å². The first-order valence-corrected chi connectivity index (χ1v) is 9.28. The smallest absolute Gasteiger partial charge is 0.408 e. The van der Waals surface area contributed by atoms with E-state index in [0.29, 0.717) is 18.8 Å². The SMILES string of the molecule is COC(=O)[C@H](CC(C)C)N(C)C(=O)[C@H](CC1CC1)NC(=O)OC(C)(C)C. The van der Waals surface area contributed by atoms with Crippen LogP contribution in [0.5, 0.6) is 0 Å². The third-order valence-corrected chi connectivity index (χ3v) is 4.24. The Morgan fingerprint density at radius 1 is 1.19 bits per heavy atom. The van der Waals surface area contributed by atoms with Crippen molar-refractivity contribution < 1.29 is 23.9 Å². The van der Waals surface area contributed by atoms with Crippen LogP contribution in [0.4, 0.5) is 4.79 Å². The Morgan fingerprint density at radius 2 is 1.77 bits per heavy atom. The molecular weight excluding hydrogens is 336 g/mol. The van der Waals surface area contributed by atoms with Crippen molar-refractivity contribution in [2.45, 2.75) is 78.0 Å². The zero-order valence-corrected chi connectivity index (χ0v) is 17.1. The average Bonchev–Trinajstić information content (AvgIpc) is 3.31. The molecule has 150 valence electrons. The molecule has 0 aromatic carbocycles. The van der Waals surface area contributed by atoms with E-state index in [4.69, 9.17) is 9.47 Å². The molecule has 0 unspecified atom stereocenters. The molecule has 0 spiro atoms. The van der Waals surface area contributed by atoms with E-state index in [-0.39, 0.29) is 11.8 Å². The van der Waals surface area contributed by atoms with Gasteiger partial charge in [-0.1, -0.05) is 26.7 Å². The van der Waals surface area contributed by atoms with E-state index < -0.39 is 29.7 Å². The lowest BCUT2D eigenvalue weighted by atomic mass is 10.0. The number of likely N-dealkylation sites (N-methyl/N-ethyl adjacent to an activating group) is 1. The molecule has 1 saturated carbocycles. The molecule has 1 fully saturated rings. The van der Waals surface area contributed by atoms with Crippen molar-refractivity contribution in [1.29, 1.82) is 0 Å². The first kappa shape index (κ1) is 22.3. The molecule has 1 aliphatic carbocycles. The molecule has 0 bridgehead atoms. The van der Waals surface area contributed by atoms with Gasteiger partial charge in [-0.25, -0.2) is 9.59 Å². The van der Waals surface area contributed by atoms with Crippen LogP contribution in [0.2, 0.25) is 0 Å². The maximum Gasteiger partial charge on any atom is 0.408 e. The van der Waals surface area contributed by atoms with E-state index in [2.05, 4.69) is 5.32 Å². The van der Waals surface area contributed by atoms with Crippen LogP contribution in [0, 0.1) is 11.8 Å². The highest BCUT2D eigenvalue weighted by Crippen LogP contribution is 2.34. The Kier molecular flexibility index (Phi) is 7.90. The van der Waals surface area contributed by atoms with Gasteiger partial charge in [0.15, 0.2) is 0 Å². The van der Waals surface area contributed by atoms with Crippen LogP contribution in [-0.2, 0) is 19.1 Å². The second-order valence-electron chi connectivity index (χ2n) is 8.50. The molecule has 0 heterocycles. The van der Waals surface area contributed by atoms with Crippen molar-refractivity contribution >= 4 is 18.0 Å². The third kappa shape index (κ3) is 7.62. The highest BCUT2D eigenvalue weighted by molar-refractivity contribution is 5.89. The lowest BCUT2D eigenvalue weighted by Gasteiger charge is -2.31. The van der Waals surface area contributed by atoms with Crippen LogP contribution in [0.3, 0.4) is 0 Å². The molecule has 26 heavy (non-hydrogen) atoms. The molecule has 1 N–H and O–H groups in total. The van der Waals surface area contributed by atoms with Gasteiger partial charge in [-0.3, -0.25) is 4.79 Å². The van der Waals surface area contributed by atoms with E-state index >= 15 is 0 Å². The van der Waals surface area contributed by atoms with Gasteiger partial charge in [-0.05, 0) is 45.4 Å². The fourth-order valence-electron chi connectivity index (χ4n) is 2.75. The topological polar surface area (TPSA) is 84.9 Å². The molecule has 0 aromatic rings. The maximum atomic E-state index is 13.0. The van der Waals surface area contributed by atoms with Crippen LogP contribution in [0.25, 0.3) is 0 Å². The summed E-state index contributed by atoms with van der Waals surface area (Å²) in [4.78, 5) is 38.7. The highest BCUT2D eigenvalue weighted by atomic mass is 16.6. The number of nitrogens with zero attached hydrogens (tertiary/aromatic N) is 1. The molecule has 2 amide bonds. The number of amides is 2. The molecule has 0 radical (unpaired) electrons. The van der Waals surface area contributed by atoms with E-state index in [1.807, 2.05) is 13.8 Å². The summed E-state index contributed by atoms with van der Waals surface area (Å²) in [6.07, 6.45) is 2.53. The standard InChI is InChI=1S/C19H34N2O5/c1-12(2)10-15(17(23)25-7)21(6)16(22)14(11-13-8-9-13)20-18(24)26-19(3,4)5/h12-15H,8-11H2,1-7H3,(H,20,24)/t14-,15-/m0/s1. The number of carbonyl (C=O) groups is 3. The van der Waals surface area contributed by atoms with Gasteiger partial charge in [-0.2, -0.15) is 0 Å². The number of hydrogen-bond donors (Lipinski definition) is 1. The number of methoxy groups -OCH3 is 1. The Bertz CT molecular complexity index is 509. The molecule has 0 aromatic heterocycles. The summed E-state index contributed by atoms with van der Waals surface area (Å²) in [5.74, 6) is -0.0974. The van der Waals surface area contributed by atoms with Gasteiger partial charge in [0.1, 0.15) is 17.7 Å². The summed E-state index contributed by atoms with van der Waals surface area (Å²) in [6, 6.07) is -1.38. The predicted molar refractivity (Wildman–Crippen MR) is 98.5 cm³/mol. The minimum Gasteiger partial charge on any atom is -0.467 e. The molecule has 2 atom stereocenters. The van der Waals surface area contributed by atoms with Crippen LogP contribution in [-0.4, -0.2) is 54.7 Å². The number of esters is 1. The minimum absolute atomic E-state index is 0.218. The fraction of sp³-hybridized carbons (Fsp3) is 0.842. The van der Waals surface area contributed by atoms with Gasteiger partial charge in [0.25, 0.3) is 0 Å². The highest BCUT2D eigenvalue weighted by Gasteiger charge is 2.37. The summed E-state index contributed by atoms with van der Waals surface area (Å²) in [5.41, 5.74) is -0.643. The monoisotopic (exact) mass is 370 g/mol. The number of nitrogens with one attached hydrogen (secondary N) is 1. The van der Waals surface area contributed by atoms with Crippen LogP contribution in [0.1, 0.15) is 60.3 Å². The summed E-state index contributed by atoms with van der Waals surface area (Å²) < 4.78 is 10.1. The summed E-state index contributed by atoms with van der Waals surface area (Å²) in [6.45, 7) is 9.27. The van der Waals surface area contributed by atoms with Crippen LogP contribution >= 0.6 is 0 Å². The molecule has 7 heteroatoms. The van der Waals surface area contributed by atoms with Crippen molar-refractivity contribution in [3.05, 3.63) is 0 Å². The lowest BCUT2D eigenvalue weighted by Crippen LogP contribution is -2.53. The van der Waals surface area contributed by atoms with E-state index in [9.17, 15) is 14.4 Å². The number of rotatable bonds is 8. The Morgan fingerprint density at radius 3 is 2.19 bits per heavy atom. The largest absolute Gasteiger partial charge is 0.467 e. The van der Waals surface area contributed by atoms with Crippen molar-refractivity contribution in [3.8, 4) is 0 Å². The summed E-state index contributed by atoms with van der Waals surface area (Å²) in [7, 11) is 2.90. The predicted octanol–water partition coefficient (Wildman–Crippen LogP) is 2.73. The van der Waals surface area contributed by atoms with E-state index in [1.165, 1.54) is 12.0 Å². The van der Waals surface area contributed by atoms with Crippen molar-refractivity contribution in [3.63, 3.8) is 0 Å². The molecule has 0 saturated heterocycles. The second kappa shape index (κ2) is 9.24. The summed E-state index contributed by atoms with van der Waals surface area (Å²) >= 11 is 0. The molecule has 1 rings (SSSR count). The van der Waals surface area contributed by atoms with Gasteiger partial charge < -0.3 is 19.7 Å². The Labute approximate surface area is 156 Å². The molecule has 7 nitrogen and oxygen atoms in total. The average molecular weight is 370 g/mol. The molecule has 1 aliphatic rings. The Balaban J connectivity index is 2.87. The van der Waals surface area contributed by atoms with E-state index in [1.54, 1.807) is 27.8 Å². The quantitative estimate of drug-likeness (QED) is 0.664. The zero-order valence-electron chi connectivity index (χ0n) is 17.1. The van der Waals surface area contributed by atoms with Crippen molar-refractivity contribution in [1.82, 2.24) is 10.2 Å². The number of hydrogen-bond acceptors (Lipinski definition) is 5. The first-order chi connectivity index (χ1) is 11.9. The first-order valence-electron chi connectivity index (χ1n) is 9.28. The number of alkyl carbamates (subject to hydrolysis) is 1. The lowest BCUT2D eigenvalue weighted by molar-refractivity contribution is -0.153. The van der Waals surface area contributed by atoms with Crippen molar-refractivity contribution in [2.75, 3.05) is 14.2 Å². The fourth-order valence-corrected chi connectivity index (χ4v) is 2.75. The van der Waals surface area contributed by atoms with Gasteiger partial charge in [0, 0.05) is 7.05 Å². The second-order valence-corrected chi connectivity index (χ2v) is 8.50. The normalized spacial score (nSPS) is 16.6. The Hall–Kier alpha value is -1.79. The van der Waals surface area contributed by atoms with Gasteiger partial charge >= 0.3 is 12.1 Å². The summed E-state index contributed by atoms with van der Waals surface area (Å²) in [5, 5.41) is 2.69. The minimum atomic E-state index is -0.707. The zero-order chi connectivity index (χ0) is 20.1.